The van der Waals surface area contributed by atoms with Crippen LogP contribution in [0.5, 0.6) is 5.75 Å². The van der Waals surface area contributed by atoms with Crippen LogP contribution in [0.25, 0.3) is 0 Å². The fourth-order valence-electron chi connectivity index (χ4n) is 2.16. The Morgan fingerprint density at radius 3 is 2.37 bits per heavy atom. The van der Waals surface area contributed by atoms with Gasteiger partial charge in [0, 0.05) is 19.2 Å². The van der Waals surface area contributed by atoms with Crippen LogP contribution in [0.15, 0.2) is 24.3 Å². The summed E-state index contributed by atoms with van der Waals surface area (Å²) in [6.45, 7) is 10.00. The fourth-order valence-corrected chi connectivity index (χ4v) is 2.16. The van der Waals surface area contributed by atoms with Gasteiger partial charge in [-0.15, -0.1) is 0 Å². The van der Waals surface area contributed by atoms with E-state index in [1.807, 2.05) is 12.1 Å². The molecule has 1 N–H and O–H groups in total. The molecule has 0 spiro atoms. The number of para-hydroxylation sites is 1. The van der Waals surface area contributed by atoms with Gasteiger partial charge in [0.2, 0.25) is 0 Å². The molecule has 0 radical (unpaired) electrons. The van der Waals surface area contributed by atoms with Gasteiger partial charge in [0.25, 0.3) is 0 Å². The first kappa shape index (κ1) is 16.0. The molecule has 3 heteroatoms. The van der Waals surface area contributed by atoms with Gasteiger partial charge in [0.1, 0.15) is 12.4 Å². The van der Waals surface area contributed by atoms with E-state index >= 15 is 0 Å². The van der Waals surface area contributed by atoms with Crippen molar-refractivity contribution in [3.63, 3.8) is 0 Å². The molecule has 2 atom stereocenters. The van der Waals surface area contributed by atoms with E-state index in [4.69, 9.17) is 9.47 Å². The summed E-state index contributed by atoms with van der Waals surface area (Å²) < 4.78 is 10.8. The summed E-state index contributed by atoms with van der Waals surface area (Å²) in [5, 5.41) is 3.56. The molecular formula is C16H27NO2. The molecule has 0 fully saturated rings. The van der Waals surface area contributed by atoms with Gasteiger partial charge in [0.05, 0.1) is 6.61 Å². The summed E-state index contributed by atoms with van der Waals surface area (Å²) in [6, 6.07) is 9.15. The van der Waals surface area contributed by atoms with Crippen LogP contribution in [0.1, 0.15) is 39.2 Å². The van der Waals surface area contributed by atoms with Gasteiger partial charge in [-0.3, -0.25) is 0 Å². The highest BCUT2D eigenvalue weighted by Crippen LogP contribution is 2.28. The van der Waals surface area contributed by atoms with Gasteiger partial charge in [-0.05, 0) is 24.5 Å². The molecule has 1 aromatic rings. The second-order valence-electron chi connectivity index (χ2n) is 5.28. The quantitative estimate of drug-likeness (QED) is 0.732. The van der Waals surface area contributed by atoms with Crippen molar-refractivity contribution in [3.05, 3.63) is 29.8 Å². The average molecular weight is 265 g/mol. The van der Waals surface area contributed by atoms with Crippen molar-refractivity contribution in [1.82, 2.24) is 5.32 Å². The fraction of sp³-hybridized carbons (Fsp3) is 0.625. The molecule has 0 amide bonds. The van der Waals surface area contributed by atoms with Crippen molar-refractivity contribution < 1.29 is 9.47 Å². The Balaban J connectivity index is 2.74. The maximum Gasteiger partial charge on any atom is 0.122 e. The second kappa shape index (κ2) is 8.18. The van der Waals surface area contributed by atoms with Crippen LogP contribution in [-0.2, 0) is 4.74 Å². The summed E-state index contributed by atoms with van der Waals surface area (Å²) >= 11 is 0. The van der Waals surface area contributed by atoms with Crippen molar-refractivity contribution >= 4 is 0 Å². The minimum Gasteiger partial charge on any atom is -0.491 e. The topological polar surface area (TPSA) is 30.5 Å². The molecule has 2 unspecified atom stereocenters. The first-order valence-corrected chi connectivity index (χ1v) is 7.03. The standard InChI is InChI=1S/C16H27NO2/c1-12(2)17-14(4)13(3)15-8-6-7-9-16(15)19-11-10-18-5/h6-9,12-14,17H,10-11H2,1-5H3. The Labute approximate surface area is 117 Å². The lowest BCUT2D eigenvalue weighted by Gasteiger charge is -2.25. The molecule has 108 valence electrons. The average Bonchev–Trinajstić information content (AvgIpc) is 2.38. The molecule has 0 aliphatic rings. The SMILES string of the molecule is COCCOc1ccccc1C(C)C(C)NC(C)C. The van der Waals surface area contributed by atoms with Crippen LogP contribution >= 0.6 is 0 Å². The Bertz CT molecular complexity index is 366. The third-order valence-electron chi connectivity index (χ3n) is 3.30. The highest BCUT2D eigenvalue weighted by Gasteiger charge is 2.18. The van der Waals surface area contributed by atoms with Gasteiger partial charge in [0.15, 0.2) is 0 Å². The zero-order valence-electron chi connectivity index (χ0n) is 12.8. The smallest absolute Gasteiger partial charge is 0.122 e. The molecule has 0 aliphatic heterocycles. The molecule has 1 aromatic carbocycles. The van der Waals surface area contributed by atoms with Gasteiger partial charge >= 0.3 is 0 Å². The van der Waals surface area contributed by atoms with Crippen LogP contribution < -0.4 is 10.1 Å². The predicted octanol–water partition coefficient (Wildman–Crippen LogP) is 3.20. The molecule has 0 aromatic heterocycles. The van der Waals surface area contributed by atoms with E-state index < -0.39 is 0 Å². The number of nitrogens with one attached hydrogen (secondary N) is 1. The molecule has 0 heterocycles. The number of ether oxygens (including phenoxy) is 2. The van der Waals surface area contributed by atoms with Gasteiger partial charge in [-0.2, -0.15) is 0 Å². The molecule has 0 bridgehead atoms. The molecule has 0 saturated heterocycles. The van der Waals surface area contributed by atoms with Gasteiger partial charge in [-0.25, -0.2) is 0 Å². The maximum absolute atomic E-state index is 5.80. The molecular weight excluding hydrogens is 238 g/mol. The zero-order valence-corrected chi connectivity index (χ0v) is 12.8. The lowest BCUT2D eigenvalue weighted by Crippen LogP contribution is -2.36. The number of rotatable bonds is 8. The predicted molar refractivity (Wildman–Crippen MR) is 80.0 cm³/mol. The van der Waals surface area contributed by atoms with E-state index in [2.05, 4.69) is 45.1 Å². The molecule has 3 nitrogen and oxygen atoms in total. The lowest BCUT2D eigenvalue weighted by atomic mass is 9.93. The highest BCUT2D eigenvalue weighted by molar-refractivity contribution is 5.36. The largest absolute Gasteiger partial charge is 0.491 e. The van der Waals surface area contributed by atoms with E-state index in [0.29, 0.717) is 31.2 Å². The van der Waals surface area contributed by atoms with Crippen LogP contribution in [0, 0.1) is 0 Å². The van der Waals surface area contributed by atoms with Crippen LogP contribution in [-0.4, -0.2) is 32.4 Å². The number of hydrogen-bond donors (Lipinski definition) is 1. The minimum absolute atomic E-state index is 0.404. The summed E-state index contributed by atoms with van der Waals surface area (Å²) in [6.07, 6.45) is 0. The maximum atomic E-state index is 5.80. The molecule has 0 saturated carbocycles. The van der Waals surface area contributed by atoms with Crippen molar-refractivity contribution in [2.75, 3.05) is 20.3 Å². The Morgan fingerprint density at radius 2 is 1.74 bits per heavy atom. The van der Waals surface area contributed by atoms with Gasteiger partial charge in [-0.1, -0.05) is 39.0 Å². The lowest BCUT2D eigenvalue weighted by molar-refractivity contribution is 0.145. The van der Waals surface area contributed by atoms with E-state index in [1.165, 1.54) is 5.56 Å². The third-order valence-corrected chi connectivity index (χ3v) is 3.30. The summed E-state index contributed by atoms with van der Waals surface area (Å²) in [4.78, 5) is 0. The van der Waals surface area contributed by atoms with Crippen molar-refractivity contribution in [2.24, 2.45) is 0 Å². The first-order valence-electron chi connectivity index (χ1n) is 7.03. The number of benzene rings is 1. The Kier molecular flexibility index (Phi) is 6.89. The number of hydrogen-bond acceptors (Lipinski definition) is 3. The number of methoxy groups -OCH3 is 1. The Hall–Kier alpha value is -1.06. The van der Waals surface area contributed by atoms with Crippen molar-refractivity contribution in [1.29, 1.82) is 0 Å². The summed E-state index contributed by atoms with van der Waals surface area (Å²) in [5.41, 5.74) is 1.25. The molecule has 19 heavy (non-hydrogen) atoms. The normalized spacial score (nSPS) is 14.4. The summed E-state index contributed by atoms with van der Waals surface area (Å²) in [5.74, 6) is 1.37. The van der Waals surface area contributed by atoms with E-state index in [-0.39, 0.29) is 0 Å². The first-order chi connectivity index (χ1) is 9.06. The Morgan fingerprint density at radius 1 is 1.05 bits per heavy atom. The van der Waals surface area contributed by atoms with Crippen LogP contribution in [0.3, 0.4) is 0 Å². The van der Waals surface area contributed by atoms with Crippen LogP contribution in [0.4, 0.5) is 0 Å². The van der Waals surface area contributed by atoms with Crippen molar-refractivity contribution in [3.8, 4) is 5.75 Å². The van der Waals surface area contributed by atoms with E-state index in [9.17, 15) is 0 Å². The van der Waals surface area contributed by atoms with E-state index in [0.717, 1.165) is 5.75 Å². The second-order valence-corrected chi connectivity index (χ2v) is 5.28. The van der Waals surface area contributed by atoms with E-state index in [1.54, 1.807) is 7.11 Å². The highest BCUT2D eigenvalue weighted by atomic mass is 16.5. The minimum atomic E-state index is 0.404. The zero-order chi connectivity index (χ0) is 14.3. The van der Waals surface area contributed by atoms with Crippen molar-refractivity contribution in [2.45, 2.75) is 45.7 Å². The van der Waals surface area contributed by atoms with Gasteiger partial charge < -0.3 is 14.8 Å². The molecule has 0 aliphatic carbocycles. The van der Waals surface area contributed by atoms with Crippen LogP contribution in [0.2, 0.25) is 0 Å². The summed E-state index contributed by atoms with van der Waals surface area (Å²) in [7, 11) is 1.69. The molecule has 1 rings (SSSR count). The third kappa shape index (κ3) is 5.21. The monoisotopic (exact) mass is 265 g/mol.